The average molecular weight is 244 g/mol. The standard InChI is InChI=1S/C9H16N4O2S/c1-4-13-7(6-5-9(6,2)3)11-12-8(13)16(10,14)15/h6H,4-5H2,1-3H3,(H2,10,14,15). The maximum absolute atomic E-state index is 11.3. The molecule has 0 saturated heterocycles. The molecule has 0 bridgehead atoms. The Morgan fingerprint density at radius 1 is 1.50 bits per heavy atom. The highest BCUT2D eigenvalue weighted by atomic mass is 32.2. The summed E-state index contributed by atoms with van der Waals surface area (Å²) in [5, 5.41) is 12.6. The van der Waals surface area contributed by atoms with Gasteiger partial charge in [-0.05, 0) is 18.8 Å². The van der Waals surface area contributed by atoms with Crippen LogP contribution < -0.4 is 5.14 Å². The zero-order chi connectivity index (χ0) is 12.1. The zero-order valence-electron chi connectivity index (χ0n) is 9.64. The Morgan fingerprint density at radius 2 is 2.06 bits per heavy atom. The molecular weight excluding hydrogens is 228 g/mol. The minimum Gasteiger partial charge on any atom is -0.301 e. The van der Waals surface area contributed by atoms with Crippen LogP contribution in [0.15, 0.2) is 5.16 Å². The van der Waals surface area contributed by atoms with Gasteiger partial charge in [0.2, 0.25) is 0 Å². The first-order valence-corrected chi connectivity index (χ1v) is 6.78. The highest BCUT2D eigenvalue weighted by Crippen LogP contribution is 2.58. The quantitative estimate of drug-likeness (QED) is 0.836. The topological polar surface area (TPSA) is 90.9 Å². The SMILES string of the molecule is CCn1c(C2CC2(C)C)nnc1S(N)(=O)=O. The Hall–Kier alpha value is -0.950. The lowest BCUT2D eigenvalue weighted by Crippen LogP contribution is -2.19. The van der Waals surface area contributed by atoms with Crippen molar-refractivity contribution >= 4 is 10.0 Å². The maximum Gasteiger partial charge on any atom is 0.273 e. The molecule has 1 heterocycles. The van der Waals surface area contributed by atoms with Crippen LogP contribution in [0, 0.1) is 5.41 Å². The number of hydrogen-bond acceptors (Lipinski definition) is 4. The second-order valence-electron chi connectivity index (χ2n) is 4.88. The molecule has 1 unspecified atom stereocenters. The largest absolute Gasteiger partial charge is 0.301 e. The molecule has 0 amide bonds. The second-order valence-corrected chi connectivity index (χ2v) is 6.33. The van der Waals surface area contributed by atoms with E-state index >= 15 is 0 Å². The third kappa shape index (κ3) is 1.73. The van der Waals surface area contributed by atoms with Gasteiger partial charge in [0.15, 0.2) is 0 Å². The predicted molar refractivity (Wildman–Crippen MR) is 58.2 cm³/mol. The lowest BCUT2D eigenvalue weighted by atomic mass is 10.1. The fourth-order valence-corrected chi connectivity index (χ4v) is 2.66. The molecule has 0 radical (unpaired) electrons. The van der Waals surface area contributed by atoms with Crippen molar-refractivity contribution in [2.75, 3.05) is 0 Å². The number of rotatable bonds is 3. The van der Waals surface area contributed by atoms with E-state index in [0.29, 0.717) is 6.54 Å². The molecule has 0 spiro atoms. The molecule has 7 heteroatoms. The highest BCUT2D eigenvalue weighted by molar-refractivity contribution is 7.89. The van der Waals surface area contributed by atoms with Gasteiger partial charge in [-0.2, -0.15) is 0 Å². The lowest BCUT2D eigenvalue weighted by molar-refractivity contribution is 0.549. The van der Waals surface area contributed by atoms with E-state index in [0.717, 1.165) is 12.2 Å². The second kappa shape index (κ2) is 3.27. The van der Waals surface area contributed by atoms with Crippen molar-refractivity contribution < 1.29 is 8.42 Å². The summed E-state index contributed by atoms with van der Waals surface area (Å²) < 4.78 is 24.2. The number of nitrogens with zero attached hydrogens (tertiary/aromatic N) is 3. The molecule has 1 aliphatic carbocycles. The summed E-state index contributed by atoms with van der Waals surface area (Å²) in [7, 11) is -3.78. The predicted octanol–water partition coefficient (Wildman–Crippen LogP) is 0.459. The monoisotopic (exact) mass is 244 g/mol. The fraction of sp³-hybridized carbons (Fsp3) is 0.778. The molecular formula is C9H16N4O2S. The molecule has 1 aromatic rings. The Labute approximate surface area is 94.9 Å². The summed E-state index contributed by atoms with van der Waals surface area (Å²) in [5.74, 6) is 1.02. The van der Waals surface area contributed by atoms with E-state index in [1.807, 2.05) is 6.92 Å². The van der Waals surface area contributed by atoms with Crippen LogP contribution in [0.25, 0.3) is 0 Å². The number of aromatic nitrogens is 3. The number of hydrogen-bond donors (Lipinski definition) is 1. The lowest BCUT2D eigenvalue weighted by Gasteiger charge is -2.06. The van der Waals surface area contributed by atoms with Crippen molar-refractivity contribution in [3.8, 4) is 0 Å². The number of nitrogens with two attached hydrogens (primary N) is 1. The normalized spacial score (nSPS) is 23.4. The van der Waals surface area contributed by atoms with Crippen molar-refractivity contribution in [2.45, 2.75) is 44.8 Å². The van der Waals surface area contributed by atoms with E-state index in [1.54, 1.807) is 4.57 Å². The molecule has 2 rings (SSSR count). The van der Waals surface area contributed by atoms with Crippen molar-refractivity contribution in [3.05, 3.63) is 5.82 Å². The van der Waals surface area contributed by atoms with Crippen LogP contribution in [0.4, 0.5) is 0 Å². The summed E-state index contributed by atoms with van der Waals surface area (Å²) in [4.78, 5) is 0. The van der Waals surface area contributed by atoms with Crippen molar-refractivity contribution in [2.24, 2.45) is 10.6 Å². The Balaban J connectivity index is 2.47. The Kier molecular flexibility index (Phi) is 2.36. The van der Waals surface area contributed by atoms with Crippen LogP contribution in [-0.4, -0.2) is 23.2 Å². The molecule has 2 N–H and O–H groups in total. The summed E-state index contributed by atoms with van der Waals surface area (Å²) in [6.07, 6.45) is 1.01. The summed E-state index contributed by atoms with van der Waals surface area (Å²) in [6.45, 7) is 6.63. The smallest absolute Gasteiger partial charge is 0.273 e. The molecule has 0 aromatic carbocycles. The van der Waals surface area contributed by atoms with Gasteiger partial charge in [0.25, 0.3) is 15.2 Å². The van der Waals surface area contributed by atoms with Crippen molar-refractivity contribution in [3.63, 3.8) is 0 Å². The molecule has 6 nitrogen and oxygen atoms in total. The van der Waals surface area contributed by atoms with Gasteiger partial charge in [-0.1, -0.05) is 13.8 Å². The fourth-order valence-electron chi connectivity index (χ4n) is 1.97. The summed E-state index contributed by atoms with van der Waals surface area (Å²) >= 11 is 0. The minimum atomic E-state index is -3.78. The van der Waals surface area contributed by atoms with E-state index in [4.69, 9.17) is 5.14 Å². The number of primary sulfonamides is 1. The van der Waals surface area contributed by atoms with E-state index in [2.05, 4.69) is 24.0 Å². The van der Waals surface area contributed by atoms with Crippen molar-refractivity contribution in [1.82, 2.24) is 14.8 Å². The van der Waals surface area contributed by atoms with E-state index < -0.39 is 10.0 Å². The van der Waals surface area contributed by atoms with E-state index in [-0.39, 0.29) is 16.5 Å². The molecule has 0 aliphatic heterocycles. The Bertz CT molecular complexity index is 518. The van der Waals surface area contributed by atoms with Crippen LogP contribution in [0.3, 0.4) is 0 Å². The molecule has 16 heavy (non-hydrogen) atoms. The first kappa shape index (κ1) is 11.5. The van der Waals surface area contributed by atoms with Gasteiger partial charge in [-0.25, -0.2) is 13.6 Å². The van der Waals surface area contributed by atoms with Gasteiger partial charge in [0, 0.05) is 12.5 Å². The van der Waals surface area contributed by atoms with Crippen molar-refractivity contribution in [1.29, 1.82) is 0 Å². The summed E-state index contributed by atoms with van der Waals surface area (Å²) in [5.41, 5.74) is 0.190. The third-order valence-corrected chi connectivity index (χ3v) is 3.95. The summed E-state index contributed by atoms with van der Waals surface area (Å²) in [6, 6.07) is 0. The van der Waals surface area contributed by atoms with Crippen LogP contribution in [-0.2, 0) is 16.6 Å². The molecule has 1 aromatic heterocycles. The maximum atomic E-state index is 11.3. The molecule has 1 aliphatic rings. The molecule has 1 atom stereocenters. The van der Waals surface area contributed by atoms with Gasteiger partial charge in [0.05, 0.1) is 0 Å². The van der Waals surface area contributed by atoms with Gasteiger partial charge >= 0.3 is 0 Å². The zero-order valence-corrected chi connectivity index (χ0v) is 10.5. The highest BCUT2D eigenvalue weighted by Gasteiger charge is 2.50. The Morgan fingerprint density at radius 3 is 2.44 bits per heavy atom. The van der Waals surface area contributed by atoms with E-state index in [9.17, 15) is 8.42 Å². The van der Waals surface area contributed by atoms with Gasteiger partial charge in [0.1, 0.15) is 5.82 Å². The minimum absolute atomic E-state index is 0.132. The third-order valence-electron chi connectivity index (χ3n) is 3.14. The first-order valence-electron chi connectivity index (χ1n) is 5.23. The first-order chi connectivity index (χ1) is 7.27. The van der Waals surface area contributed by atoms with Crippen LogP contribution in [0.1, 0.15) is 38.9 Å². The average Bonchev–Trinajstić information content (AvgIpc) is 2.62. The van der Waals surface area contributed by atoms with Crippen LogP contribution in [0.5, 0.6) is 0 Å². The van der Waals surface area contributed by atoms with Gasteiger partial charge in [-0.15, -0.1) is 10.2 Å². The molecule has 1 saturated carbocycles. The van der Waals surface area contributed by atoms with Gasteiger partial charge in [-0.3, -0.25) is 0 Å². The van der Waals surface area contributed by atoms with Gasteiger partial charge < -0.3 is 4.57 Å². The molecule has 90 valence electrons. The number of sulfonamides is 1. The van der Waals surface area contributed by atoms with E-state index in [1.165, 1.54) is 0 Å². The van der Waals surface area contributed by atoms with Crippen LogP contribution >= 0.6 is 0 Å². The molecule has 1 fully saturated rings. The van der Waals surface area contributed by atoms with Crippen LogP contribution in [0.2, 0.25) is 0 Å².